The fourth-order valence-electron chi connectivity index (χ4n) is 2.52. The van der Waals surface area contributed by atoms with E-state index in [1.807, 2.05) is 5.43 Å². The summed E-state index contributed by atoms with van der Waals surface area (Å²) in [6.07, 6.45) is 1.11. The molecule has 0 radical (unpaired) electrons. The molecule has 0 bridgehead atoms. The van der Waals surface area contributed by atoms with Gasteiger partial charge in [-0.1, -0.05) is 35.3 Å². The summed E-state index contributed by atoms with van der Waals surface area (Å²) in [7, 11) is 0. The van der Waals surface area contributed by atoms with Gasteiger partial charge in [0.25, 0.3) is 0 Å². The van der Waals surface area contributed by atoms with Gasteiger partial charge < -0.3 is 20.4 Å². The molecule has 1 aromatic heterocycles. The van der Waals surface area contributed by atoms with E-state index in [9.17, 15) is 23.6 Å². The average Bonchev–Trinajstić information content (AvgIpc) is 3.28. The Morgan fingerprint density at radius 3 is 2.37 bits per heavy atom. The van der Waals surface area contributed by atoms with Crippen LogP contribution in [0, 0.1) is 5.82 Å². The summed E-state index contributed by atoms with van der Waals surface area (Å²) < 4.78 is 18.9. The first-order valence-electron chi connectivity index (χ1n) is 9.75. The van der Waals surface area contributed by atoms with Crippen LogP contribution in [0.5, 0.6) is 0 Å². The van der Waals surface area contributed by atoms with Gasteiger partial charge >= 0.3 is 23.6 Å². The van der Waals surface area contributed by atoms with Crippen LogP contribution in [-0.4, -0.2) is 29.8 Å². The third-order valence-electron chi connectivity index (χ3n) is 4.18. The third-order valence-corrected chi connectivity index (χ3v) is 4.91. The number of rotatable bonds is 6. The van der Waals surface area contributed by atoms with Gasteiger partial charge in [-0.2, -0.15) is 5.10 Å². The summed E-state index contributed by atoms with van der Waals surface area (Å²) in [4.78, 5) is 47.5. The Bertz CT molecular complexity index is 1310. The predicted octanol–water partition coefficient (Wildman–Crippen LogP) is 3.07. The lowest BCUT2D eigenvalue weighted by Gasteiger charge is -2.06. The molecule has 3 rings (SSSR count). The third kappa shape index (κ3) is 7.39. The lowest BCUT2D eigenvalue weighted by atomic mass is 10.3. The molecule has 35 heavy (non-hydrogen) atoms. The minimum Gasteiger partial charge on any atom is -0.458 e. The van der Waals surface area contributed by atoms with E-state index in [1.54, 1.807) is 0 Å². The fourth-order valence-corrected chi connectivity index (χ4v) is 2.81. The number of carbonyl (C=O) groups is 4. The van der Waals surface area contributed by atoms with E-state index in [-0.39, 0.29) is 28.8 Å². The van der Waals surface area contributed by atoms with E-state index < -0.39 is 29.4 Å². The number of halogens is 3. The molecule has 4 amide bonds. The Hall–Kier alpha value is -4.22. The highest BCUT2D eigenvalue weighted by Gasteiger charge is 2.16. The number of benzene rings is 2. The molecular weight excluding hydrogens is 504 g/mol. The first kappa shape index (κ1) is 25.4. The standard InChI is InChI=1S/C22H16Cl2FN5O5/c23-15-8-5-12(9-16(15)24)28-20(32)19(31)26-10-13-6-7-14(35-13)11-27-30-22(34)21(33)29-18-4-2-1-3-17(18)25/h1-9,11H,10H2,(H,26,31)(H,28,32)(H,29,33)(H,30,34)/b27-11+. The van der Waals surface area contributed by atoms with Gasteiger partial charge in [-0.05, 0) is 42.5 Å². The highest BCUT2D eigenvalue weighted by Crippen LogP contribution is 2.24. The van der Waals surface area contributed by atoms with Crippen LogP contribution in [0.1, 0.15) is 11.5 Å². The summed E-state index contributed by atoms with van der Waals surface area (Å²) in [6, 6.07) is 12.7. The molecule has 1 heterocycles. The Kier molecular flexibility index (Phi) is 8.54. The number of nitrogens with one attached hydrogen (secondary N) is 4. The number of nitrogens with zero attached hydrogens (tertiary/aromatic N) is 1. The molecule has 0 fully saturated rings. The van der Waals surface area contributed by atoms with Crippen LogP contribution in [-0.2, 0) is 25.7 Å². The lowest BCUT2D eigenvalue weighted by molar-refractivity contribution is -0.136. The van der Waals surface area contributed by atoms with E-state index in [0.29, 0.717) is 10.7 Å². The van der Waals surface area contributed by atoms with Gasteiger partial charge in [0.15, 0.2) is 0 Å². The Morgan fingerprint density at radius 1 is 0.886 bits per heavy atom. The van der Waals surface area contributed by atoms with Crippen molar-refractivity contribution in [2.75, 3.05) is 10.6 Å². The van der Waals surface area contributed by atoms with Crippen molar-refractivity contribution in [2.24, 2.45) is 5.10 Å². The molecule has 3 aromatic rings. The Morgan fingerprint density at radius 2 is 1.63 bits per heavy atom. The molecule has 13 heteroatoms. The van der Waals surface area contributed by atoms with Gasteiger partial charge in [-0.15, -0.1) is 0 Å². The maximum absolute atomic E-state index is 13.5. The van der Waals surface area contributed by atoms with Crippen LogP contribution in [0.25, 0.3) is 0 Å². The minimum absolute atomic E-state index is 0.112. The van der Waals surface area contributed by atoms with Crippen molar-refractivity contribution in [1.82, 2.24) is 10.7 Å². The van der Waals surface area contributed by atoms with Crippen LogP contribution in [0.2, 0.25) is 10.0 Å². The van der Waals surface area contributed by atoms with Crippen LogP contribution in [0.4, 0.5) is 15.8 Å². The average molecular weight is 520 g/mol. The smallest absolute Gasteiger partial charge is 0.329 e. The molecule has 0 saturated carbocycles. The molecule has 180 valence electrons. The minimum atomic E-state index is -1.13. The van der Waals surface area contributed by atoms with Crippen molar-refractivity contribution in [3.8, 4) is 0 Å². The highest BCUT2D eigenvalue weighted by atomic mass is 35.5. The second-order valence-corrected chi connectivity index (χ2v) is 7.52. The molecular formula is C22H16Cl2FN5O5. The van der Waals surface area contributed by atoms with Crippen molar-refractivity contribution >= 4 is 64.4 Å². The van der Waals surface area contributed by atoms with Gasteiger partial charge in [0.2, 0.25) is 0 Å². The maximum atomic E-state index is 13.5. The zero-order chi connectivity index (χ0) is 25.4. The summed E-state index contributed by atoms with van der Waals surface area (Å²) in [5, 5.41) is 11.0. The highest BCUT2D eigenvalue weighted by molar-refractivity contribution is 6.43. The molecule has 2 aromatic carbocycles. The number of hydrogen-bond acceptors (Lipinski definition) is 6. The van der Waals surface area contributed by atoms with Crippen molar-refractivity contribution in [2.45, 2.75) is 6.54 Å². The molecule has 4 N–H and O–H groups in total. The molecule has 0 saturated heterocycles. The number of amides is 4. The fraction of sp³-hybridized carbons (Fsp3) is 0.0455. The molecule has 10 nitrogen and oxygen atoms in total. The van der Waals surface area contributed by atoms with E-state index in [0.717, 1.165) is 12.3 Å². The van der Waals surface area contributed by atoms with Crippen LogP contribution in [0.3, 0.4) is 0 Å². The maximum Gasteiger partial charge on any atom is 0.329 e. The van der Waals surface area contributed by atoms with Crippen molar-refractivity contribution < 1.29 is 28.0 Å². The van der Waals surface area contributed by atoms with Crippen molar-refractivity contribution in [3.63, 3.8) is 0 Å². The molecule has 0 unspecified atom stereocenters. The Balaban J connectivity index is 1.44. The van der Waals surface area contributed by atoms with E-state index in [4.69, 9.17) is 27.6 Å². The SMILES string of the molecule is O=C(NCc1ccc(/C=N/NC(=O)C(=O)Nc2ccccc2F)o1)C(=O)Nc1ccc(Cl)c(Cl)c1. The van der Waals surface area contributed by atoms with E-state index in [1.165, 1.54) is 48.5 Å². The largest absolute Gasteiger partial charge is 0.458 e. The van der Waals surface area contributed by atoms with E-state index >= 15 is 0 Å². The van der Waals surface area contributed by atoms with Gasteiger partial charge in [0.1, 0.15) is 17.3 Å². The van der Waals surface area contributed by atoms with Crippen LogP contribution >= 0.6 is 23.2 Å². The number of hydrazone groups is 1. The zero-order valence-corrected chi connectivity index (χ0v) is 19.1. The zero-order valence-electron chi connectivity index (χ0n) is 17.6. The van der Waals surface area contributed by atoms with Crippen molar-refractivity contribution in [3.05, 3.63) is 82.0 Å². The van der Waals surface area contributed by atoms with Gasteiger partial charge in [-0.25, -0.2) is 9.82 Å². The number of hydrogen-bond donors (Lipinski definition) is 4. The molecule has 0 aliphatic heterocycles. The normalized spacial score (nSPS) is 10.6. The Labute approximate surface area is 207 Å². The topological polar surface area (TPSA) is 142 Å². The molecule has 0 aliphatic carbocycles. The number of para-hydroxylation sites is 1. The number of furan rings is 1. The number of anilines is 2. The first-order valence-corrected chi connectivity index (χ1v) is 10.5. The molecule has 0 aliphatic rings. The second kappa shape index (κ2) is 11.8. The summed E-state index contributed by atoms with van der Waals surface area (Å²) in [6.45, 7) is -0.112. The first-order chi connectivity index (χ1) is 16.7. The van der Waals surface area contributed by atoms with Crippen molar-refractivity contribution in [1.29, 1.82) is 0 Å². The predicted molar refractivity (Wildman–Crippen MR) is 126 cm³/mol. The number of carbonyl (C=O) groups excluding carboxylic acids is 4. The quantitative estimate of drug-likeness (QED) is 0.225. The monoisotopic (exact) mass is 519 g/mol. The van der Waals surface area contributed by atoms with Crippen LogP contribution < -0.4 is 21.4 Å². The molecule has 0 spiro atoms. The van der Waals surface area contributed by atoms with Gasteiger partial charge in [-0.3, -0.25) is 19.2 Å². The summed E-state index contributed by atoms with van der Waals surface area (Å²) in [5.41, 5.74) is 2.11. The van der Waals surface area contributed by atoms with E-state index in [2.05, 4.69) is 21.1 Å². The summed E-state index contributed by atoms with van der Waals surface area (Å²) >= 11 is 11.7. The van der Waals surface area contributed by atoms with Crippen LogP contribution in [0.15, 0.2) is 64.1 Å². The molecule has 0 atom stereocenters. The summed E-state index contributed by atoms with van der Waals surface area (Å²) in [5.74, 6) is -4.32. The van der Waals surface area contributed by atoms with Gasteiger partial charge in [0.05, 0.1) is 28.5 Å². The lowest BCUT2D eigenvalue weighted by Crippen LogP contribution is -2.34. The second-order valence-electron chi connectivity index (χ2n) is 6.70. The van der Waals surface area contributed by atoms with Gasteiger partial charge in [0, 0.05) is 5.69 Å².